The fourth-order valence-electron chi connectivity index (χ4n) is 2.96. The van der Waals surface area contributed by atoms with E-state index in [0.29, 0.717) is 5.56 Å². The number of rotatable bonds is 7. The van der Waals surface area contributed by atoms with E-state index in [2.05, 4.69) is 11.8 Å². The van der Waals surface area contributed by atoms with Gasteiger partial charge in [-0.1, -0.05) is 41.7 Å². The number of alkyl halides is 2. The average Bonchev–Trinajstić information content (AvgIpc) is 2.81. The molecule has 0 bridgehead atoms. The van der Waals surface area contributed by atoms with E-state index in [1.165, 1.54) is 24.3 Å². The highest BCUT2D eigenvalue weighted by atomic mass is 32.2. The molecule has 12 heteroatoms. The Morgan fingerprint density at radius 2 is 1.61 bits per heavy atom. The molecular weight excluding hydrogens is 514 g/mol. The Kier molecular flexibility index (Phi) is 8.09. The van der Waals surface area contributed by atoms with Gasteiger partial charge in [-0.15, -0.1) is 0 Å². The van der Waals surface area contributed by atoms with Gasteiger partial charge in [0.25, 0.3) is 22.4 Å². The zero-order valence-electron chi connectivity index (χ0n) is 18.7. The Morgan fingerprint density at radius 3 is 2.22 bits per heavy atom. The molecule has 3 rings (SSSR count). The van der Waals surface area contributed by atoms with E-state index >= 15 is 0 Å². The molecule has 0 atom stereocenters. The van der Waals surface area contributed by atoms with Gasteiger partial charge in [-0.2, -0.15) is 0 Å². The molecule has 8 nitrogen and oxygen atoms in total. The normalized spacial score (nSPS) is 11.5. The number of benzene rings is 3. The standard InChI is InChI=1S/C24H20F2N2O6S2/c1-16-6-8-17(9-7-16)10-11-18-12-13-19(14-20(18)34-15-23(25)26)24(29)28-36(32,33)22-5-3-2-4-21(22)35(27,30)31/h2-9,12-14,23H,15H2,1H3,(H,28,29)(H2,27,30,31). The zero-order valence-corrected chi connectivity index (χ0v) is 20.4. The van der Waals surface area contributed by atoms with Crippen molar-refractivity contribution in [2.45, 2.75) is 23.1 Å². The number of sulfonamides is 2. The number of nitrogens with one attached hydrogen (secondary N) is 1. The minimum atomic E-state index is -4.67. The lowest BCUT2D eigenvalue weighted by atomic mass is 10.1. The third-order valence-electron chi connectivity index (χ3n) is 4.67. The Morgan fingerprint density at radius 1 is 0.972 bits per heavy atom. The Labute approximate surface area is 207 Å². The monoisotopic (exact) mass is 534 g/mol. The van der Waals surface area contributed by atoms with Crippen LogP contribution in [0.5, 0.6) is 5.75 Å². The molecule has 3 aromatic rings. The van der Waals surface area contributed by atoms with Crippen LogP contribution in [0.1, 0.15) is 27.0 Å². The molecule has 0 aliphatic heterocycles. The minimum absolute atomic E-state index is 0.162. The number of nitrogens with two attached hydrogens (primary N) is 1. The van der Waals surface area contributed by atoms with Crippen LogP contribution in [-0.2, 0) is 20.0 Å². The number of halogens is 2. The van der Waals surface area contributed by atoms with Crippen LogP contribution in [0.25, 0.3) is 0 Å². The zero-order chi connectivity index (χ0) is 26.5. The maximum absolute atomic E-state index is 12.8. The Hall–Kier alpha value is -3.79. The van der Waals surface area contributed by atoms with Gasteiger partial charge in [-0.05, 0) is 49.4 Å². The summed E-state index contributed by atoms with van der Waals surface area (Å²) in [5, 5.41) is 5.07. The van der Waals surface area contributed by atoms with Crippen molar-refractivity contribution >= 4 is 26.0 Å². The molecule has 3 N–H and O–H groups in total. The quantitative estimate of drug-likeness (QED) is 0.448. The molecule has 0 fully saturated rings. The minimum Gasteiger partial charge on any atom is -0.486 e. The van der Waals surface area contributed by atoms with Crippen LogP contribution >= 0.6 is 0 Å². The van der Waals surface area contributed by atoms with Crippen LogP contribution in [-0.4, -0.2) is 35.8 Å². The average molecular weight is 535 g/mol. The summed E-state index contributed by atoms with van der Waals surface area (Å²) < 4.78 is 81.3. The smallest absolute Gasteiger partial charge is 0.272 e. The van der Waals surface area contributed by atoms with Gasteiger partial charge in [0, 0.05) is 11.1 Å². The van der Waals surface area contributed by atoms with Crippen LogP contribution in [0.2, 0.25) is 0 Å². The second-order valence-electron chi connectivity index (χ2n) is 7.46. The molecule has 1 amide bonds. The second-order valence-corrected chi connectivity index (χ2v) is 10.6. The summed E-state index contributed by atoms with van der Waals surface area (Å²) in [7, 11) is -9.08. The highest BCUT2D eigenvalue weighted by Crippen LogP contribution is 2.23. The third-order valence-corrected chi connectivity index (χ3v) is 7.16. The lowest BCUT2D eigenvalue weighted by Crippen LogP contribution is -2.32. The molecule has 3 aromatic carbocycles. The number of primary sulfonamides is 1. The maximum atomic E-state index is 12.8. The Balaban J connectivity index is 1.94. The largest absolute Gasteiger partial charge is 0.486 e. The maximum Gasteiger partial charge on any atom is 0.272 e. The number of ether oxygens (including phenoxy) is 1. The fraction of sp³-hybridized carbons (Fsp3) is 0.125. The molecular formula is C24H20F2N2O6S2. The molecule has 0 aromatic heterocycles. The number of carbonyl (C=O) groups excluding carboxylic acids is 1. The molecule has 0 radical (unpaired) electrons. The van der Waals surface area contributed by atoms with Gasteiger partial charge in [-0.3, -0.25) is 4.79 Å². The predicted molar refractivity (Wildman–Crippen MR) is 128 cm³/mol. The number of aryl methyl sites for hydroxylation is 1. The summed E-state index contributed by atoms with van der Waals surface area (Å²) in [4.78, 5) is 11.3. The van der Waals surface area contributed by atoms with E-state index in [1.807, 2.05) is 19.1 Å². The van der Waals surface area contributed by atoms with Gasteiger partial charge in [0.2, 0.25) is 10.0 Å². The van der Waals surface area contributed by atoms with Crippen molar-refractivity contribution in [2.75, 3.05) is 6.61 Å². The van der Waals surface area contributed by atoms with Crippen LogP contribution in [0.4, 0.5) is 8.78 Å². The summed E-state index contributed by atoms with van der Waals surface area (Å²) in [6.07, 6.45) is -2.81. The molecule has 36 heavy (non-hydrogen) atoms. The molecule has 188 valence electrons. The molecule has 0 aliphatic rings. The van der Waals surface area contributed by atoms with Crippen molar-refractivity contribution in [1.82, 2.24) is 4.72 Å². The first kappa shape index (κ1) is 26.8. The first-order chi connectivity index (χ1) is 16.9. The molecule has 0 saturated heterocycles. The topological polar surface area (TPSA) is 133 Å². The van der Waals surface area contributed by atoms with Gasteiger partial charge in [0.15, 0.2) is 0 Å². The first-order valence-corrected chi connectivity index (χ1v) is 13.2. The first-order valence-electron chi connectivity index (χ1n) is 10.2. The highest BCUT2D eigenvalue weighted by Gasteiger charge is 2.26. The van der Waals surface area contributed by atoms with E-state index in [4.69, 9.17) is 9.88 Å². The second kappa shape index (κ2) is 10.9. The summed E-state index contributed by atoms with van der Waals surface area (Å²) in [6.45, 7) is 0.926. The van der Waals surface area contributed by atoms with Gasteiger partial charge in [0.05, 0.1) is 5.56 Å². The van der Waals surface area contributed by atoms with Crippen molar-refractivity contribution in [3.05, 3.63) is 89.0 Å². The predicted octanol–water partition coefficient (Wildman–Crippen LogP) is 2.80. The summed E-state index contributed by atoms with van der Waals surface area (Å²) in [6, 6.07) is 15.3. The summed E-state index contributed by atoms with van der Waals surface area (Å²) >= 11 is 0. The Bertz CT molecular complexity index is 1560. The number of carbonyl (C=O) groups is 1. The lowest BCUT2D eigenvalue weighted by molar-refractivity contribution is 0.0817. The van der Waals surface area contributed by atoms with Gasteiger partial charge >= 0.3 is 0 Å². The van der Waals surface area contributed by atoms with E-state index in [0.717, 1.165) is 23.8 Å². The molecule has 0 unspecified atom stereocenters. The van der Waals surface area contributed by atoms with E-state index in [1.54, 1.807) is 16.9 Å². The number of hydrogen-bond donors (Lipinski definition) is 2. The van der Waals surface area contributed by atoms with Gasteiger partial charge < -0.3 is 4.74 Å². The SMILES string of the molecule is Cc1ccc(C#Cc2ccc(C(=O)NS(=O)(=O)c3ccccc3S(N)(=O)=O)cc2OCC(F)F)cc1. The lowest BCUT2D eigenvalue weighted by Gasteiger charge is -2.12. The van der Waals surface area contributed by atoms with E-state index in [9.17, 15) is 30.4 Å². The molecule has 0 aliphatic carbocycles. The van der Waals surface area contributed by atoms with Crippen LogP contribution in [0.3, 0.4) is 0 Å². The van der Waals surface area contributed by atoms with Crippen LogP contribution in [0.15, 0.2) is 76.5 Å². The molecule has 0 saturated carbocycles. The molecule has 0 spiro atoms. The highest BCUT2D eigenvalue weighted by molar-refractivity contribution is 7.92. The van der Waals surface area contributed by atoms with E-state index in [-0.39, 0.29) is 16.9 Å². The van der Waals surface area contributed by atoms with Crippen molar-refractivity contribution in [3.8, 4) is 17.6 Å². The van der Waals surface area contributed by atoms with Gasteiger partial charge in [0.1, 0.15) is 22.1 Å². The number of hydrogen-bond acceptors (Lipinski definition) is 6. The molecule has 0 heterocycles. The van der Waals surface area contributed by atoms with Crippen molar-refractivity contribution in [1.29, 1.82) is 0 Å². The summed E-state index contributed by atoms with van der Waals surface area (Å²) in [5.41, 5.74) is 1.62. The fourth-order valence-corrected chi connectivity index (χ4v) is 5.32. The van der Waals surface area contributed by atoms with Crippen molar-refractivity contribution in [2.24, 2.45) is 5.14 Å². The van der Waals surface area contributed by atoms with Crippen molar-refractivity contribution < 1.29 is 35.1 Å². The number of amides is 1. The van der Waals surface area contributed by atoms with Crippen LogP contribution < -0.4 is 14.6 Å². The van der Waals surface area contributed by atoms with Crippen LogP contribution in [0, 0.1) is 18.8 Å². The van der Waals surface area contributed by atoms with E-state index < -0.39 is 48.8 Å². The van der Waals surface area contributed by atoms with Gasteiger partial charge in [-0.25, -0.2) is 35.5 Å². The van der Waals surface area contributed by atoms with Crippen molar-refractivity contribution in [3.63, 3.8) is 0 Å². The third kappa shape index (κ3) is 6.88. The summed E-state index contributed by atoms with van der Waals surface area (Å²) in [5.74, 6) is 4.33.